The van der Waals surface area contributed by atoms with Gasteiger partial charge in [0.15, 0.2) is 0 Å². The van der Waals surface area contributed by atoms with Gasteiger partial charge in [0.05, 0.1) is 5.41 Å². The van der Waals surface area contributed by atoms with Crippen LogP contribution in [0.4, 0.5) is 0 Å². The van der Waals surface area contributed by atoms with Crippen LogP contribution in [0.3, 0.4) is 0 Å². The van der Waals surface area contributed by atoms with Crippen molar-refractivity contribution in [2.45, 2.75) is 51.1 Å². The van der Waals surface area contributed by atoms with Crippen molar-refractivity contribution in [2.75, 3.05) is 6.54 Å². The number of rotatable bonds is 2. The van der Waals surface area contributed by atoms with Crippen molar-refractivity contribution in [3.63, 3.8) is 0 Å². The molecule has 17 heavy (non-hydrogen) atoms. The van der Waals surface area contributed by atoms with Gasteiger partial charge in [0.25, 0.3) is 0 Å². The van der Waals surface area contributed by atoms with Crippen molar-refractivity contribution < 1.29 is 9.59 Å². The second-order valence-electron chi connectivity index (χ2n) is 5.43. The lowest BCUT2D eigenvalue weighted by molar-refractivity contribution is -0.132. The fourth-order valence-electron chi connectivity index (χ4n) is 2.68. The Morgan fingerprint density at radius 3 is 2.82 bits per heavy atom. The largest absolute Gasteiger partial charge is 0.354 e. The third-order valence-corrected chi connectivity index (χ3v) is 4.15. The summed E-state index contributed by atoms with van der Waals surface area (Å²) in [6.07, 6.45) is 4.02. The minimum absolute atomic E-state index is 0.0410. The molecule has 96 valence electrons. The van der Waals surface area contributed by atoms with Crippen molar-refractivity contribution in [1.29, 1.82) is 0 Å². The zero-order valence-electron chi connectivity index (χ0n) is 10.3. The van der Waals surface area contributed by atoms with Gasteiger partial charge < -0.3 is 16.4 Å². The fourth-order valence-corrected chi connectivity index (χ4v) is 2.68. The van der Waals surface area contributed by atoms with E-state index < -0.39 is 5.41 Å². The predicted molar refractivity (Wildman–Crippen MR) is 64.1 cm³/mol. The Bertz CT molecular complexity index is 322. The fraction of sp³-hybridized carbons (Fsp3) is 0.833. The summed E-state index contributed by atoms with van der Waals surface area (Å²) < 4.78 is 0. The summed E-state index contributed by atoms with van der Waals surface area (Å²) in [4.78, 5) is 23.2. The molecule has 1 heterocycles. The maximum absolute atomic E-state index is 12.2. The number of hydrogen-bond acceptors (Lipinski definition) is 3. The van der Waals surface area contributed by atoms with Gasteiger partial charge in [-0.1, -0.05) is 6.42 Å². The van der Waals surface area contributed by atoms with Gasteiger partial charge in [0.1, 0.15) is 0 Å². The molecule has 2 rings (SSSR count). The second kappa shape index (κ2) is 4.64. The first-order valence-electron chi connectivity index (χ1n) is 6.35. The molecule has 0 radical (unpaired) electrons. The molecule has 1 aliphatic carbocycles. The highest BCUT2D eigenvalue weighted by molar-refractivity contribution is 5.84. The van der Waals surface area contributed by atoms with Crippen molar-refractivity contribution >= 4 is 11.8 Å². The number of amides is 2. The quantitative estimate of drug-likeness (QED) is 0.629. The average molecular weight is 239 g/mol. The molecular formula is C12H21N3O2. The molecule has 1 saturated carbocycles. The van der Waals surface area contributed by atoms with E-state index >= 15 is 0 Å². The first-order valence-corrected chi connectivity index (χ1v) is 6.35. The Morgan fingerprint density at radius 1 is 1.53 bits per heavy atom. The SMILES string of the molecule is CC1(C(=O)NC2CCC(=O)NC2)CCCC1N. The van der Waals surface area contributed by atoms with Crippen LogP contribution in [0.25, 0.3) is 0 Å². The summed E-state index contributed by atoms with van der Waals surface area (Å²) in [6, 6.07) is 0.0190. The van der Waals surface area contributed by atoms with E-state index in [1.165, 1.54) is 0 Å². The van der Waals surface area contributed by atoms with Crippen molar-refractivity contribution in [1.82, 2.24) is 10.6 Å². The summed E-state index contributed by atoms with van der Waals surface area (Å²) in [5.41, 5.74) is 5.58. The van der Waals surface area contributed by atoms with E-state index in [0.717, 1.165) is 25.7 Å². The van der Waals surface area contributed by atoms with E-state index in [2.05, 4.69) is 10.6 Å². The van der Waals surface area contributed by atoms with Crippen molar-refractivity contribution in [2.24, 2.45) is 11.1 Å². The Balaban J connectivity index is 1.90. The van der Waals surface area contributed by atoms with Crippen LogP contribution < -0.4 is 16.4 Å². The number of nitrogens with two attached hydrogens (primary N) is 1. The first-order chi connectivity index (χ1) is 8.02. The smallest absolute Gasteiger partial charge is 0.227 e. The highest BCUT2D eigenvalue weighted by atomic mass is 16.2. The van der Waals surface area contributed by atoms with Crippen LogP contribution in [0, 0.1) is 5.41 Å². The molecule has 0 aromatic carbocycles. The minimum Gasteiger partial charge on any atom is -0.354 e. The van der Waals surface area contributed by atoms with Gasteiger partial charge in [-0.2, -0.15) is 0 Å². The molecule has 0 spiro atoms. The first kappa shape index (κ1) is 12.4. The molecule has 1 saturated heterocycles. The van der Waals surface area contributed by atoms with Gasteiger partial charge in [0.2, 0.25) is 11.8 Å². The second-order valence-corrected chi connectivity index (χ2v) is 5.43. The Kier molecular flexibility index (Phi) is 3.38. The lowest BCUT2D eigenvalue weighted by Gasteiger charge is -2.31. The zero-order chi connectivity index (χ0) is 12.5. The summed E-state index contributed by atoms with van der Waals surface area (Å²) in [5, 5.41) is 5.79. The molecular weight excluding hydrogens is 218 g/mol. The van der Waals surface area contributed by atoms with E-state index in [1.807, 2.05) is 6.92 Å². The van der Waals surface area contributed by atoms with Gasteiger partial charge in [0, 0.05) is 25.0 Å². The van der Waals surface area contributed by atoms with Gasteiger partial charge in [-0.25, -0.2) is 0 Å². The lowest BCUT2D eigenvalue weighted by Crippen LogP contribution is -2.54. The molecule has 2 aliphatic rings. The van der Waals surface area contributed by atoms with E-state index in [9.17, 15) is 9.59 Å². The monoisotopic (exact) mass is 239 g/mol. The molecule has 3 atom stereocenters. The Morgan fingerprint density at radius 2 is 2.29 bits per heavy atom. The van der Waals surface area contributed by atoms with E-state index in [-0.39, 0.29) is 23.9 Å². The number of carbonyl (C=O) groups excluding carboxylic acids is 2. The van der Waals surface area contributed by atoms with Gasteiger partial charge in [-0.3, -0.25) is 9.59 Å². The summed E-state index contributed by atoms with van der Waals surface area (Å²) in [6.45, 7) is 2.48. The van der Waals surface area contributed by atoms with Crippen molar-refractivity contribution in [3.8, 4) is 0 Å². The standard InChI is InChI=1S/C12H21N3O2/c1-12(6-2-3-9(12)13)11(17)15-8-4-5-10(16)14-7-8/h8-9H,2-7,13H2,1H3,(H,14,16)(H,15,17). The lowest BCUT2D eigenvalue weighted by atomic mass is 9.83. The topological polar surface area (TPSA) is 84.2 Å². The molecule has 5 nitrogen and oxygen atoms in total. The molecule has 2 fully saturated rings. The highest BCUT2D eigenvalue weighted by Gasteiger charge is 2.43. The number of piperidine rings is 1. The Labute approximate surface area is 102 Å². The van der Waals surface area contributed by atoms with Crippen LogP contribution in [0.5, 0.6) is 0 Å². The maximum atomic E-state index is 12.2. The van der Waals surface area contributed by atoms with E-state index in [1.54, 1.807) is 0 Å². The van der Waals surface area contributed by atoms with Crippen molar-refractivity contribution in [3.05, 3.63) is 0 Å². The van der Waals surface area contributed by atoms with Crippen LogP contribution >= 0.6 is 0 Å². The molecule has 2 amide bonds. The molecule has 1 aliphatic heterocycles. The number of hydrogen-bond donors (Lipinski definition) is 3. The van der Waals surface area contributed by atoms with E-state index in [0.29, 0.717) is 13.0 Å². The molecule has 0 aromatic heterocycles. The third-order valence-electron chi connectivity index (χ3n) is 4.15. The van der Waals surface area contributed by atoms with Gasteiger partial charge in [-0.05, 0) is 26.2 Å². The molecule has 5 heteroatoms. The summed E-state index contributed by atoms with van der Waals surface area (Å²) in [7, 11) is 0. The summed E-state index contributed by atoms with van der Waals surface area (Å²) in [5.74, 6) is 0.114. The Hall–Kier alpha value is -1.10. The highest BCUT2D eigenvalue weighted by Crippen LogP contribution is 2.36. The molecule has 3 unspecified atom stereocenters. The van der Waals surface area contributed by atoms with Crippen LogP contribution in [-0.2, 0) is 9.59 Å². The van der Waals surface area contributed by atoms with Crippen LogP contribution in [-0.4, -0.2) is 30.4 Å². The third kappa shape index (κ3) is 2.44. The predicted octanol–water partition coefficient (Wildman–Crippen LogP) is -0.101. The van der Waals surface area contributed by atoms with Crippen LogP contribution in [0.15, 0.2) is 0 Å². The molecule has 4 N–H and O–H groups in total. The molecule has 0 aromatic rings. The minimum atomic E-state index is -0.429. The normalized spacial score (nSPS) is 37.6. The zero-order valence-corrected chi connectivity index (χ0v) is 10.3. The number of carbonyl (C=O) groups is 2. The number of nitrogens with one attached hydrogen (secondary N) is 2. The maximum Gasteiger partial charge on any atom is 0.227 e. The molecule has 0 bridgehead atoms. The van der Waals surface area contributed by atoms with Crippen LogP contribution in [0.1, 0.15) is 39.0 Å². The summed E-state index contributed by atoms with van der Waals surface area (Å²) >= 11 is 0. The van der Waals surface area contributed by atoms with Gasteiger partial charge >= 0.3 is 0 Å². The average Bonchev–Trinajstić information content (AvgIpc) is 2.64. The van der Waals surface area contributed by atoms with E-state index in [4.69, 9.17) is 5.73 Å². The van der Waals surface area contributed by atoms with Crippen LogP contribution in [0.2, 0.25) is 0 Å². The van der Waals surface area contributed by atoms with Gasteiger partial charge in [-0.15, -0.1) is 0 Å².